The molecule has 0 spiro atoms. The number of ether oxygens (including phenoxy) is 1. The van der Waals surface area contributed by atoms with Crippen LogP contribution in [0.25, 0.3) is 0 Å². The van der Waals surface area contributed by atoms with Crippen LogP contribution in [0.4, 0.5) is 5.69 Å². The molecular weight excluding hydrogens is 298 g/mol. The van der Waals surface area contributed by atoms with E-state index in [9.17, 15) is 10.2 Å². The third kappa shape index (κ3) is 4.24. The van der Waals surface area contributed by atoms with E-state index in [2.05, 4.69) is 15.9 Å². The Bertz CT molecular complexity index is 384. The molecule has 0 fully saturated rings. The highest BCUT2D eigenvalue weighted by molar-refractivity contribution is 9.10. The van der Waals surface area contributed by atoms with Crippen LogP contribution in [-0.2, 0) is 4.74 Å². The van der Waals surface area contributed by atoms with E-state index in [1.54, 1.807) is 14.0 Å². The Hall–Kier alpha value is -0.620. The predicted octanol–water partition coefficient (Wildman–Crippen LogP) is 1.95. The number of likely N-dealkylation sites (N-methyl/N-ethyl adjacent to an activating group) is 1. The van der Waals surface area contributed by atoms with Crippen molar-refractivity contribution in [2.75, 3.05) is 32.2 Å². The topological polar surface area (TPSA) is 52.9 Å². The van der Waals surface area contributed by atoms with Crippen LogP contribution in [0.15, 0.2) is 22.7 Å². The molecule has 0 bridgehead atoms. The summed E-state index contributed by atoms with van der Waals surface area (Å²) < 4.78 is 5.83. The van der Waals surface area contributed by atoms with Crippen LogP contribution in [-0.4, -0.2) is 43.6 Å². The molecule has 1 aromatic rings. The van der Waals surface area contributed by atoms with Gasteiger partial charge in [-0.3, -0.25) is 0 Å². The predicted molar refractivity (Wildman–Crippen MR) is 75.9 cm³/mol. The van der Waals surface area contributed by atoms with E-state index < -0.39 is 12.2 Å². The van der Waals surface area contributed by atoms with Crippen molar-refractivity contribution in [1.29, 1.82) is 0 Å². The first-order chi connectivity index (χ1) is 8.45. The van der Waals surface area contributed by atoms with Crippen LogP contribution < -0.4 is 4.90 Å². The average Bonchev–Trinajstić information content (AvgIpc) is 2.28. The van der Waals surface area contributed by atoms with Crippen LogP contribution >= 0.6 is 15.9 Å². The lowest BCUT2D eigenvalue weighted by Gasteiger charge is -2.26. The minimum absolute atomic E-state index is 0.297. The fourth-order valence-corrected chi connectivity index (χ4v) is 2.25. The SMILES string of the molecule is COCC(O)CN(C)c1ccc(Br)cc1C(C)O. The summed E-state index contributed by atoms with van der Waals surface area (Å²) in [7, 11) is 3.44. The highest BCUT2D eigenvalue weighted by Gasteiger charge is 2.14. The van der Waals surface area contributed by atoms with Crippen molar-refractivity contribution in [3.05, 3.63) is 28.2 Å². The summed E-state index contributed by atoms with van der Waals surface area (Å²) in [4.78, 5) is 1.91. The van der Waals surface area contributed by atoms with Gasteiger partial charge in [-0.05, 0) is 25.1 Å². The number of aliphatic hydroxyl groups is 2. The van der Waals surface area contributed by atoms with E-state index in [0.29, 0.717) is 13.2 Å². The van der Waals surface area contributed by atoms with Crippen LogP contribution in [0, 0.1) is 0 Å². The zero-order valence-electron chi connectivity index (χ0n) is 10.9. The fraction of sp³-hybridized carbons (Fsp3) is 0.538. The number of halogens is 1. The van der Waals surface area contributed by atoms with Crippen LogP contribution in [0.2, 0.25) is 0 Å². The monoisotopic (exact) mass is 317 g/mol. The van der Waals surface area contributed by atoms with Gasteiger partial charge in [0.1, 0.15) is 0 Å². The summed E-state index contributed by atoms with van der Waals surface area (Å²) in [5.41, 5.74) is 1.74. The third-order valence-electron chi connectivity index (χ3n) is 2.69. The van der Waals surface area contributed by atoms with Gasteiger partial charge in [-0.1, -0.05) is 15.9 Å². The van der Waals surface area contributed by atoms with Gasteiger partial charge in [-0.2, -0.15) is 0 Å². The van der Waals surface area contributed by atoms with E-state index in [1.807, 2.05) is 30.1 Å². The Kier molecular flexibility index (Phi) is 6.08. The summed E-state index contributed by atoms with van der Waals surface area (Å²) in [6, 6.07) is 5.73. The molecule has 2 N–H and O–H groups in total. The number of methoxy groups -OCH3 is 1. The number of aliphatic hydroxyl groups excluding tert-OH is 2. The number of rotatable bonds is 6. The Labute approximate surface area is 116 Å². The van der Waals surface area contributed by atoms with Crippen molar-refractivity contribution < 1.29 is 14.9 Å². The normalized spacial score (nSPS) is 14.3. The zero-order valence-corrected chi connectivity index (χ0v) is 12.5. The van der Waals surface area contributed by atoms with Crippen molar-refractivity contribution in [2.45, 2.75) is 19.1 Å². The first-order valence-corrected chi connectivity index (χ1v) is 6.60. The number of hydrogen-bond donors (Lipinski definition) is 2. The number of anilines is 1. The minimum atomic E-state index is -0.556. The molecule has 18 heavy (non-hydrogen) atoms. The fourth-order valence-electron chi connectivity index (χ4n) is 1.87. The standard InChI is InChI=1S/C13H20BrNO3/c1-9(16)12-6-10(14)4-5-13(12)15(2)7-11(17)8-18-3/h4-6,9,11,16-17H,7-8H2,1-3H3. The Morgan fingerprint density at radius 3 is 2.61 bits per heavy atom. The summed E-state index contributed by atoms with van der Waals surface area (Å²) in [5.74, 6) is 0. The Balaban J connectivity index is 2.87. The van der Waals surface area contributed by atoms with Gasteiger partial charge in [-0.25, -0.2) is 0 Å². The molecule has 0 saturated carbocycles. The molecule has 0 aliphatic rings. The van der Waals surface area contributed by atoms with Gasteiger partial charge in [0, 0.05) is 36.4 Å². The average molecular weight is 318 g/mol. The van der Waals surface area contributed by atoms with Crippen molar-refractivity contribution in [3.63, 3.8) is 0 Å². The minimum Gasteiger partial charge on any atom is -0.389 e. The summed E-state index contributed by atoms with van der Waals surface area (Å²) in [5, 5.41) is 19.5. The van der Waals surface area contributed by atoms with Crippen molar-refractivity contribution in [2.24, 2.45) is 0 Å². The molecule has 1 rings (SSSR count). The largest absolute Gasteiger partial charge is 0.389 e. The smallest absolute Gasteiger partial charge is 0.0947 e. The summed E-state index contributed by atoms with van der Waals surface area (Å²) >= 11 is 3.39. The van der Waals surface area contributed by atoms with Crippen LogP contribution in [0.1, 0.15) is 18.6 Å². The van der Waals surface area contributed by atoms with Gasteiger partial charge >= 0.3 is 0 Å². The van der Waals surface area contributed by atoms with Crippen molar-refractivity contribution >= 4 is 21.6 Å². The molecule has 2 unspecified atom stereocenters. The molecule has 0 aliphatic carbocycles. The van der Waals surface area contributed by atoms with Crippen molar-refractivity contribution in [1.82, 2.24) is 0 Å². The van der Waals surface area contributed by atoms with Gasteiger partial charge in [0.2, 0.25) is 0 Å². The van der Waals surface area contributed by atoms with Gasteiger partial charge in [0.05, 0.1) is 18.8 Å². The van der Waals surface area contributed by atoms with Gasteiger partial charge in [0.25, 0.3) is 0 Å². The third-order valence-corrected chi connectivity index (χ3v) is 3.19. The molecule has 1 aromatic carbocycles. The Morgan fingerprint density at radius 2 is 2.06 bits per heavy atom. The van der Waals surface area contributed by atoms with Gasteiger partial charge in [0.15, 0.2) is 0 Å². The maximum atomic E-state index is 9.78. The molecule has 0 saturated heterocycles. The molecule has 0 amide bonds. The second-order valence-corrected chi connectivity index (χ2v) is 5.28. The molecule has 5 heteroatoms. The quantitative estimate of drug-likeness (QED) is 0.842. The number of nitrogens with zero attached hydrogens (tertiary/aromatic N) is 1. The molecular formula is C13H20BrNO3. The Morgan fingerprint density at radius 1 is 1.39 bits per heavy atom. The molecule has 4 nitrogen and oxygen atoms in total. The van der Waals surface area contributed by atoms with E-state index in [0.717, 1.165) is 15.7 Å². The number of hydrogen-bond acceptors (Lipinski definition) is 4. The van der Waals surface area contributed by atoms with E-state index >= 15 is 0 Å². The molecule has 0 heterocycles. The lowest BCUT2D eigenvalue weighted by atomic mass is 10.1. The molecule has 0 aliphatic heterocycles. The second kappa shape index (κ2) is 7.09. The zero-order chi connectivity index (χ0) is 13.7. The lowest BCUT2D eigenvalue weighted by Crippen LogP contribution is -2.32. The van der Waals surface area contributed by atoms with E-state index in [-0.39, 0.29) is 0 Å². The highest BCUT2D eigenvalue weighted by atomic mass is 79.9. The number of benzene rings is 1. The lowest BCUT2D eigenvalue weighted by molar-refractivity contribution is 0.0694. The van der Waals surface area contributed by atoms with Crippen LogP contribution in [0.5, 0.6) is 0 Å². The maximum Gasteiger partial charge on any atom is 0.0947 e. The van der Waals surface area contributed by atoms with E-state index in [1.165, 1.54) is 0 Å². The second-order valence-electron chi connectivity index (χ2n) is 4.37. The molecule has 0 aromatic heterocycles. The first-order valence-electron chi connectivity index (χ1n) is 5.81. The van der Waals surface area contributed by atoms with Crippen molar-refractivity contribution in [3.8, 4) is 0 Å². The van der Waals surface area contributed by atoms with E-state index in [4.69, 9.17) is 4.74 Å². The maximum absolute atomic E-state index is 9.78. The molecule has 0 radical (unpaired) electrons. The van der Waals surface area contributed by atoms with Gasteiger partial charge in [-0.15, -0.1) is 0 Å². The molecule has 2 atom stereocenters. The summed E-state index contributed by atoms with van der Waals surface area (Å²) in [6.07, 6.45) is -1.11. The van der Waals surface area contributed by atoms with Gasteiger partial charge < -0.3 is 19.8 Å². The molecule has 102 valence electrons. The highest BCUT2D eigenvalue weighted by Crippen LogP contribution is 2.28. The van der Waals surface area contributed by atoms with Crippen LogP contribution in [0.3, 0.4) is 0 Å². The summed E-state index contributed by atoms with van der Waals surface area (Å²) in [6.45, 7) is 2.48. The first kappa shape index (κ1) is 15.4.